The van der Waals surface area contributed by atoms with Gasteiger partial charge >= 0.3 is 5.69 Å². The molecule has 1 aliphatic heterocycles. The van der Waals surface area contributed by atoms with Crippen LogP contribution in [0.4, 0.5) is 31.8 Å². The Kier molecular flexibility index (Phi) is 6.24. The van der Waals surface area contributed by atoms with Crippen LogP contribution in [0.1, 0.15) is 10.4 Å². The van der Waals surface area contributed by atoms with E-state index in [9.17, 15) is 23.7 Å². The van der Waals surface area contributed by atoms with Crippen molar-refractivity contribution >= 4 is 28.9 Å². The zero-order valence-corrected chi connectivity index (χ0v) is 17.2. The Bertz CT molecular complexity index is 1170. The van der Waals surface area contributed by atoms with Gasteiger partial charge in [-0.15, -0.1) is 0 Å². The molecule has 2 aromatic carbocycles. The zero-order chi connectivity index (χ0) is 23.4. The summed E-state index contributed by atoms with van der Waals surface area (Å²) in [7, 11) is 0. The number of nitrogens with zero attached hydrogens (tertiary/aromatic N) is 5. The number of carbonyl (C=O) groups excluding carboxylic acids is 1. The lowest BCUT2D eigenvalue weighted by Gasteiger charge is -2.36. The minimum absolute atomic E-state index is 0.0939. The van der Waals surface area contributed by atoms with E-state index >= 15 is 0 Å². The van der Waals surface area contributed by atoms with Crippen LogP contribution in [-0.2, 0) is 0 Å². The molecule has 0 atom stereocenters. The smallest absolute Gasteiger partial charge is 0.355 e. The number of hydrogen-bond acceptors (Lipinski definition) is 8. The first-order valence-corrected chi connectivity index (χ1v) is 10.00. The highest BCUT2D eigenvalue weighted by atomic mass is 19.1. The summed E-state index contributed by atoms with van der Waals surface area (Å²) in [5, 5.41) is 11.8. The molecule has 0 radical (unpaired) electrons. The molecule has 2 heterocycles. The molecule has 2 N–H and O–H groups in total. The van der Waals surface area contributed by atoms with E-state index in [0.717, 1.165) is 18.1 Å². The van der Waals surface area contributed by atoms with E-state index in [-0.39, 0.29) is 23.0 Å². The monoisotopic (exact) mass is 455 g/mol. The molecule has 0 spiro atoms. The van der Waals surface area contributed by atoms with Gasteiger partial charge < -0.3 is 9.80 Å². The number of piperazine rings is 1. The molecule has 0 unspecified atom stereocenters. The van der Waals surface area contributed by atoms with Gasteiger partial charge in [0.05, 0.1) is 10.5 Å². The van der Waals surface area contributed by atoms with Gasteiger partial charge in [0.1, 0.15) is 18.0 Å². The van der Waals surface area contributed by atoms with Crippen molar-refractivity contribution in [3.8, 4) is 0 Å². The van der Waals surface area contributed by atoms with E-state index in [0.29, 0.717) is 26.2 Å². The number of hydrazine groups is 1. The standard InChI is InChI=1S/C21H19F2N7O3/c22-14-5-7-15(8-6-14)28-9-11-29(12-10-28)20-18(30(32)33)19(24-13-25-20)26-27-21(31)16-3-1-2-4-17(16)23/h1-8,13H,9-12H2,(H,27,31)(H,24,25,26). The first-order valence-electron chi connectivity index (χ1n) is 10.00. The minimum Gasteiger partial charge on any atom is -0.368 e. The Hall–Kier alpha value is -4.35. The van der Waals surface area contributed by atoms with Gasteiger partial charge in [0, 0.05) is 31.9 Å². The number of amides is 1. The molecule has 0 saturated carbocycles. The molecule has 0 aliphatic carbocycles. The zero-order valence-electron chi connectivity index (χ0n) is 17.2. The van der Waals surface area contributed by atoms with E-state index in [2.05, 4.69) is 20.8 Å². The second-order valence-corrected chi connectivity index (χ2v) is 7.16. The Morgan fingerprint density at radius 2 is 1.64 bits per heavy atom. The van der Waals surface area contributed by atoms with Gasteiger partial charge in [0.15, 0.2) is 0 Å². The summed E-state index contributed by atoms with van der Waals surface area (Å²) in [4.78, 5) is 35.1. The summed E-state index contributed by atoms with van der Waals surface area (Å²) in [5.41, 5.74) is 4.86. The van der Waals surface area contributed by atoms with Crippen LogP contribution in [-0.4, -0.2) is 47.0 Å². The van der Waals surface area contributed by atoms with E-state index < -0.39 is 22.3 Å². The van der Waals surface area contributed by atoms with Gasteiger partial charge in [-0.25, -0.2) is 18.7 Å². The molecule has 4 rings (SSSR count). The molecule has 10 nitrogen and oxygen atoms in total. The number of anilines is 3. The van der Waals surface area contributed by atoms with E-state index in [4.69, 9.17) is 0 Å². The van der Waals surface area contributed by atoms with Crippen LogP contribution in [0.2, 0.25) is 0 Å². The van der Waals surface area contributed by atoms with Crippen LogP contribution in [0.5, 0.6) is 0 Å². The van der Waals surface area contributed by atoms with Crippen LogP contribution in [0.15, 0.2) is 54.9 Å². The topological polar surface area (TPSA) is 117 Å². The fraction of sp³-hybridized carbons (Fsp3) is 0.190. The molecule has 0 bridgehead atoms. The highest BCUT2D eigenvalue weighted by molar-refractivity contribution is 5.95. The largest absolute Gasteiger partial charge is 0.368 e. The number of hydrogen-bond donors (Lipinski definition) is 2. The van der Waals surface area contributed by atoms with Crippen molar-refractivity contribution in [2.75, 3.05) is 41.4 Å². The van der Waals surface area contributed by atoms with Gasteiger partial charge in [0.25, 0.3) is 5.91 Å². The normalized spacial score (nSPS) is 13.5. The number of aromatic nitrogens is 2. The van der Waals surface area contributed by atoms with Crippen LogP contribution in [0, 0.1) is 21.7 Å². The van der Waals surface area contributed by atoms with Gasteiger partial charge in [-0.05, 0) is 36.4 Å². The minimum atomic E-state index is -0.810. The summed E-state index contributed by atoms with van der Waals surface area (Å²) >= 11 is 0. The summed E-state index contributed by atoms with van der Waals surface area (Å²) < 4.78 is 27.0. The summed E-state index contributed by atoms with van der Waals surface area (Å²) in [5.74, 6) is -1.99. The quantitative estimate of drug-likeness (QED) is 0.431. The number of rotatable bonds is 6. The number of nitro groups is 1. The third-order valence-corrected chi connectivity index (χ3v) is 5.17. The Morgan fingerprint density at radius 1 is 0.970 bits per heavy atom. The van der Waals surface area contributed by atoms with Gasteiger partial charge in [-0.2, -0.15) is 0 Å². The molecule has 1 amide bonds. The van der Waals surface area contributed by atoms with Crippen molar-refractivity contribution < 1.29 is 18.5 Å². The van der Waals surface area contributed by atoms with Crippen molar-refractivity contribution in [3.63, 3.8) is 0 Å². The Balaban J connectivity index is 1.49. The Morgan fingerprint density at radius 3 is 2.30 bits per heavy atom. The number of nitrogens with one attached hydrogen (secondary N) is 2. The second kappa shape index (κ2) is 9.42. The molecule has 170 valence electrons. The van der Waals surface area contributed by atoms with E-state index in [1.807, 2.05) is 4.90 Å². The van der Waals surface area contributed by atoms with E-state index in [1.165, 1.54) is 30.3 Å². The first kappa shape index (κ1) is 21.9. The Labute approximate surface area is 187 Å². The SMILES string of the molecule is O=C(NNc1ncnc(N2CCN(c3ccc(F)cc3)CC2)c1[N+](=O)[O-])c1ccccc1F. The second-order valence-electron chi connectivity index (χ2n) is 7.16. The predicted octanol–water partition coefficient (Wildman–Crippen LogP) is 2.75. The molecule has 12 heteroatoms. The van der Waals surface area contributed by atoms with Crippen molar-refractivity contribution in [2.24, 2.45) is 0 Å². The fourth-order valence-electron chi connectivity index (χ4n) is 3.52. The van der Waals surface area contributed by atoms with Crippen LogP contribution < -0.4 is 20.7 Å². The number of halogens is 2. The van der Waals surface area contributed by atoms with Crippen molar-refractivity contribution in [1.29, 1.82) is 0 Å². The molecule has 1 saturated heterocycles. The van der Waals surface area contributed by atoms with Gasteiger partial charge in [0.2, 0.25) is 11.6 Å². The fourth-order valence-corrected chi connectivity index (χ4v) is 3.52. The molecule has 3 aromatic rings. The number of carbonyl (C=O) groups is 1. The van der Waals surface area contributed by atoms with Crippen LogP contribution in [0.25, 0.3) is 0 Å². The van der Waals surface area contributed by atoms with E-state index in [1.54, 1.807) is 17.0 Å². The summed E-state index contributed by atoms with van der Waals surface area (Å²) in [6, 6.07) is 11.5. The third-order valence-electron chi connectivity index (χ3n) is 5.17. The molecular weight excluding hydrogens is 436 g/mol. The molecule has 1 fully saturated rings. The highest BCUT2D eigenvalue weighted by Crippen LogP contribution is 2.32. The highest BCUT2D eigenvalue weighted by Gasteiger charge is 2.29. The average Bonchev–Trinajstić information content (AvgIpc) is 2.83. The average molecular weight is 455 g/mol. The summed E-state index contributed by atoms with van der Waals surface area (Å²) in [6.07, 6.45) is 1.15. The van der Waals surface area contributed by atoms with Crippen LogP contribution in [0.3, 0.4) is 0 Å². The van der Waals surface area contributed by atoms with Gasteiger partial charge in [-0.3, -0.25) is 25.8 Å². The lowest BCUT2D eigenvalue weighted by molar-refractivity contribution is -0.383. The van der Waals surface area contributed by atoms with Crippen molar-refractivity contribution in [2.45, 2.75) is 0 Å². The first-order chi connectivity index (χ1) is 15.9. The molecular formula is C21H19F2N7O3. The maximum atomic E-state index is 13.8. The number of benzene rings is 2. The third kappa shape index (κ3) is 4.79. The molecule has 1 aliphatic rings. The maximum Gasteiger partial charge on any atom is 0.355 e. The molecule has 33 heavy (non-hydrogen) atoms. The lowest BCUT2D eigenvalue weighted by Crippen LogP contribution is -2.47. The van der Waals surface area contributed by atoms with Crippen LogP contribution >= 0.6 is 0 Å². The van der Waals surface area contributed by atoms with Crippen molar-refractivity contribution in [3.05, 3.63) is 82.2 Å². The summed E-state index contributed by atoms with van der Waals surface area (Å²) in [6.45, 7) is 1.94. The molecule has 1 aromatic heterocycles. The maximum absolute atomic E-state index is 13.8. The van der Waals surface area contributed by atoms with Crippen molar-refractivity contribution in [1.82, 2.24) is 15.4 Å². The predicted molar refractivity (Wildman–Crippen MR) is 117 cm³/mol. The lowest BCUT2D eigenvalue weighted by atomic mass is 10.2. The van der Waals surface area contributed by atoms with Gasteiger partial charge in [-0.1, -0.05) is 12.1 Å².